The maximum Gasteiger partial charge on any atom is 0.143 e. The lowest BCUT2D eigenvalue weighted by Gasteiger charge is -2.28. The van der Waals surface area contributed by atoms with Crippen LogP contribution in [0.4, 0.5) is 17.1 Å². The van der Waals surface area contributed by atoms with E-state index in [1.165, 1.54) is 21.9 Å². The van der Waals surface area contributed by atoms with Crippen LogP contribution in [0.2, 0.25) is 0 Å². The number of benzene rings is 9. The molecule has 0 fully saturated rings. The van der Waals surface area contributed by atoms with Gasteiger partial charge in [0, 0.05) is 49.6 Å². The SMILES string of the molecule is c1ccc(-c2ccccc2N(c2ccccc2)c2ccc3c4ccccc4n(-c4cc(-c5cccc6c5oc5ccccc56)ccc4-c4ccccc4)c3c2)cc1. The molecule has 11 aromatic rings. The first-order valence-corrected chi connectivity index (χ1v) is 19.4. The molecule has 0 aliphatic carbocycles. The summed E-state index contributed by atoms with van der Waals surface area (Å²) in [4.78, 5) is 2.39. The molecule has 57 heavy (non-hydrogen) atoms. The minimum Gasteiger partial charge on any atom is -0.455 e. The van der Waals surface area contributed by atoms with Gasteiger partial charge < -0.3 is 13.9 Å². The molecular formula is C54H36N2O. The molecule has 2 aromatic heterocycles. The van der Waals surface area contributed by atoms with Crippen molar-refractivity contribution in [3.05, 3.63) is 218 Å². The summed E-state index contributed by atoms with van der Waals surface area (Å²) >= 11 is 0. The van der Waals surface area contributed by atoms with Crippen molar-refractivity contribution < 1.29 is 4.42 Å². The van der Waals surface area contributed by atoms with E-state index in [2.05, 4.69) is 222 Å². The van der Waals surface area contributed by atoms with Gasteiger partial charge in [0.05, 0.1) is 22.4 Å². The van der Waals surface area contributed by atoms with Crippen LogP contribution in [-0.2, 0) is 0 Å². The summed E-state index contributed by atoms with van der Waals surface area (Å²) in [5.41, 5.74) is 15.3. The van der Waals surface area contributed by atoms with Gasteiger partial charge in [0.1, 0.15) is 11.2 Å². The van der Waals surface area contributed by atoms with E-state index in [1.54, 1.807) is 0 Å². The highest BCUT2D eigenvalue weighted by atomic mass is 16.3. The summed E-state index contributed by atoms with van der Waals surface area (Å²) in [5.74, 6) is 0. The summed E-state index contributed by atoms with van der Waals surface area (Å²) in [6.07, 6.45) is 0. The van der Waals surface area contributed by atoms with E-state index >= 15 is 0 Å². The molecule has 3 nitrogen and oxygen atoms in total. The molecule has 0 amide bonds. The van der Waals surface area contributed by atoms with Gasteiger partial charge in [-0.1, -0.05) is 170 Å². The fourth-order valence-corrected chi connectivity index (χ4v) is 8.61. The van der Waals surface area contributed by atoms with E-state index in [9.17, 15) is 0 Å². The molecule has 0 spiro atoms. The highest BCUT2D eigenvalue weighted by Crippen LogP contribution is 2.45. The number of aromatic nitrogens is 1. The zero-order chi connectivity index (χ0) is 37.7. The smallest absolute Gasteiger partial charge is 0.143 e. The van der Waals surface area contributed by atoms with E-state index in [-0.39, 0.29) is 0 Å². The standard InChI is InChI=1S/C54H36N2O/c1-4-17-37(18-5-1)42-23-10-13-28-49(42)55(40-21-8-3-9-22-40)41-32-34-46-45-24-11-14-29-50(45)56(52(46)36-41)51-35-39(31-33-43(51)38-19-6-2-7-20-38)44-26-16-27-48-47-25-12-15-30-53(47)57-54(44)48/h1-36H. The zero-order valence-corrected chi connectivity index (χ0v) is 31.1. The number of nitrogens with zero attached hydrogens (tertiary/aromatic N) is 2. The number of hydrogen-bond acceptors (Lipinski definition) is 2. The Morgan fingerprint density at radius 2 is 0.965 bits per heavy atom. The van der Waals surface area contributed by atoms with Crippen LogP contribution in [0.15, 0.2) is 223 Å². The summed E-state index contributed by atoms with van der Waals surface area (Å²) in [7, 11) is 0. The van der Waals surface area contributed by atoms with Crippen molar-refractivity contribution in [1.82, 2.24) is 4.57 Å². The Morgan fingerprint density at radius 3 is 1.77 bits per heavy atom. The molecule has 0 unspecified atom stereocenters. The van der Waals surface area contributed by atoms with E-state index < -0.39 is 0 Å². The third-order valence-electron chi connectivity index (χ3n) is 11.2. The predicted octanol–water partition coefficient (Wildman–Crippen LogP) is 15.2. The lowest BCUT2D eigenvalue weighted by molar-refractivity contribution is 0.670. The molecule has 0 bridgehead atoms. The normalized spacial score (nSPS) is 11.5. The zero-order valence-electron chi connectivity index (χ0n) is 31.1. The van der Waals surface area contributed by atoms with E-state index in [4.69, 9.17) is 4.42 Å². The Labute approximate surface area is 330 Å². The van der Waals surface area contributed by atoms with Crippen LogP contribution in [0, 0.1) is 0 Å². The van der Waals surface area contributed by atoms with Gasteiger partial charge in [-0.25, -0.2) is 0 Å². The molecule has 268 valence electrons. The van der Waals surface area contributed by atoms with Gasteiger partial charge in [-0.3, -0.25) is 0 Å². The second kappa shape index (κ2) is 13.6. The topological polar surface area (TPSA) is 21.3 Å². The van der Waals surface area contributed by atoms with Crippen molar-refractivity contribution in [3.8, 4) is 39.1 Å². The summed E-state index contributed by atoms with van der Waals surface area (Å²) in [5, 5.41) is 4.65. The summed E-state index contributed by atoms with van der Waals surface area (Å²) in [6, 6.07) is 78.1. The Bertz CT molecular complexity index is 3230. The van der Waals surface area contributed by atoms with Crippen molar-refractivity contribution in [2.24, 2.45) is 0 Å². The molecule has 0 atom stereocenters. The molecule has 0 aliphatic rings. The average Bonchev–Trinajstić information content (AvgIpc) is 3.83. The van der Waals surface area contributed by atoms with Crippen LogP contribution < -0.4 is 4.90 Å². The number of furan rings is 1. The lowest BCUT2D eigenvalue weighted by Crippen LogP contribution is -2.11. The molecule has 0 saturated carbocycles. The van der Waals surface area contributed by atoms with Gasteiger partial charge in [-0.05, 0) is 65.2 Å². The second-order valence-electron chi connectivity index (χ2n) is 14.5. The highest BCUT2D eigenvalue weighted by Gasteiger charge is 2.22. The molecule has 0 radical (unpaired) electrons. The van der Waals surface area contributed by atoms with Crippen molar-refractivity contribution in [3.63, 3.8) is 0 Å². The molecule has 0 N–H and O–H groups in total. The van der Waals surface area contributed by atoms with Crippen molar-refractivity contribution >= 4 is 60.8 Å². The van der Waals surface area contributed by atoms with Crippen molar-refractivity contribution in [2.75, 3.05) is 4.90 Å². The van der Waals surface area contributed by atoms with E-state index in [1.807, 2.05) is 6.07 Å². The third kappa shape index (κ3) is 5.51. The number of para-hydroxylation sites is 5. The van der Waals surface area contributed by atoms with Crippen molar-refractivity contribution in [1.29, 1.82) is 0 Å². The van der Waals surface area contributed by atoms with Crippen LogP contribution in [0.3, 0.4) is 0 Å². The first-order chi connectivity index (χ1) is 28.3. The first kappa shape index (κ1) is 32.8. The average molecular weight is 729 g/mol. The maximum atomic E-state index is 6.58. The minimum absolute atomic E-state index is 0.896. The van der Waals surface area contributed by atoms with E-state index in [0.717, 1.165) is 78.0 Å². The van der Waals surface area contributed by atoms with Gasteiger partial charge in [-0.15, -0.1) is 0 Å². The Balaban J connectivity index is 1.19. The molecule has 9 aromatic carbocycles. The van der Waals surface area contributed by atoms with Crippen LogP contribution in [-0.4, -0.2) is 4.57 Å². The number of hydrogen-bond donors (Lipinski definition) is 0. The monoisotopic (exact) mass is 728 g/mol. The van der Waals surface area contributed by atoms with Gasteiger partial charge >= 0.3 is 0 Å². The number of anilines is 3. The van der Waals surface area contributed by atoms with Gasteiger partial charge in [0.25, 0.3) is 0 Å². The van der Waals surface area contributed by atoms with Gasteiger partial charge in [0.2, 0.25) is 0 Å². The second-order valence-corrected chi connectivity index (χ2v) is 14.5. The maximum absolute atomic E-state index is 6.58. The molecule has 0 saturated heterocycles. The fourth-order valence-electron chi connectivity index (χ4n) is 8.61. The van der Waals surface area contributed by atoms with Gasteiger partial charge in [-0.2, -0.15) is 0 Å². The first-order valence-electron chi connectivity index (χ1n) is 19.4. The predicted molar refractivity (Wildman–Crippen MR) is 239 cm³/mol. The Kier molecular flexibility index (Phi) is 7.82. The van der Waals surface area contributed by atoms with Crippen LogP contribution >= 0.6 is 0 Å². The van der Waals surface area contributed by atoms with Crippen LogP contribution in [0.25, 0.3) is 82.8 Å². The number of rotatable bonds is 7. The largest absolute Gasteiger partial charge is 0.455 e. The molecule has 3 heteroatoms. The summed E-state index contributed by atoms with van der Waals surface area (Å²) in [6.45, 7) is 0. The molecule has 2 heterocycles. The fraction of sp³-hybridized carbons (Fsp3) is 0. The minimum atomic E-state index is 0.896. The quantitative estimate of drug-likeness (QED) is 0.163. The Morgan fingerprint density at radius 1 is 0.351 bits per heavy atom. The molecule has 0 aliphatic heterocycles. The lowest BCUT2D eigenvalue weighted by atomic mass is 9.96. The van der Waals surface area contributed by atoms with Gasteiger partial charge in [0.15, 0.2) is 0 Å². The highest BCUT2D eigenvalue weighted by molar-refractivity contribution is 6.12. The summed E-state index contributed by atoms with van der Waals surface area (Å²) < 4.78 is 9.04. The molecule has 11 rings (SSSR count). The van der Waals surface area contributed by atoms with Crippen LogP contribution in [0.5, 0.6) is 0 Å². The van der Waals surface area contributed by atoms with Crippen molar-refractivity contribution in [2.45, 2.75) is 0 Å². The third-order valence-corrected chi connectivity index (χ3v) is 11.2. The van der Waals surface area contributed by atoms with Crippen LogP contribution in [0.1, 0.15) is 0 Å². The van der Waals surface area contributed by atoms with E-state index in [0.29, 0.717) is 0 Å². The number of fused-ring (bicyclic) bond motifs is 6. The Hall–Kier alpha value is -7.62. The molecular weight excluding hydrogens is 693 g/mol.